The molecule has 0 aromatic heterocycles. The summed E-state index contributed by atoms with van der Waals surface area (Å²) in [6, 6.07) is 8.13. The van der Waals surface area contributed by atoms with Crippen molar-refractivity contribution in [3.8, 4) is 5.75 Å². The van der Waals surface area contributed by atoms with E-state index in [1.807, 2.05) is 29.2 Å². The lowest BCUT2D eigenvalue weighted by molar-refractivity contribution is -0.134. The van der Waals surface area contributed by atoms with Crippen molar-refractivity contribution in [3.63, 3.8) is 0 Å². The Morgan fingerprint density at radius 3 is 2.74 bits per heavy atom. The van der Waals surface area contributed by atoms with E-state index in [1.165, 1.54) is 12.8 Å². The van der Waals surface area contributed by atoms with Crippen LogP contribution in [0.5, 0.6) is 5.75 Å². The van der Waals surface area contributed by atoms with Crippen molar-refractivity contribution >= 4 is 35.8 Å². The van der Waals surface area contributed by atoms with Crippen molar-refractivity contribution in [2.24, 2.45) is 10.9 Å². The molecular formula is C23H37IN4O3. The monoisotopic (exact) mass is 544 g/mol. The Kier molecular flexibility index (Phi) is 11.4. The number of aliphatic imine (C=N–C) groups is 1. The van der Waals surface area contributed by atoms with Crippen LogP contribution in [0.3, 0.4) is 0 Å². The first-order valence-corrected chi connectivity index (χ1v) is 11.2. The maximum atomic E-state index is 12.6. The molecule has 1 aliphatic heterocycles. The van der Waals surface area contributed by atoms with Crippen molar-refractivity contribution in [1.82, 2.24) is 15.5 Å². The molecule has 1 saturated carbocycles. The molecule has 0 bridgehead atoms. The molecule has 1 aromatic rings. The van der Waals surface area contributed by atoms with E-state index >= 15 is 0 Å². The molecule has 1 heterocycles. The van der Waals surface area contributed by atoms with Crippen LogP contribution in [0, 0.1) is 5.92 Å². The van der Waals surface area contributed by atoms with Crippen molar-refractivity contribution < 1.29 is 14.3 Å². The van der Waals surface area contributed by atoms with E-state index in [2.05, 4.69) is 22.5 Å². The van der Waals surface area contributed by atoms with Crippen LogP contribution in [0.15, 0.2) is 29.3 Å². The molecule has 1 saturated heterocycles. The molecule has 2 N–H and O–H groups in total. The second kappa shape index (κ2) is 13.8. The Morgan fingerprint density at radius 2 is 2.00 bits per heavy atom. The summed E-state index contributed by atoms with van der Waals surface area (Å²) in [5, 5.41) is 6.78. The molecule has 1 amide bonds. The topological polar surface area (TPSA) is 75.2 Å². The van der Waals surface area contributed by atoms with Crippen LogP contribution < -0.4 is 15.4 Å². The van der Waals surface area contributed by atoms with Crippen LogP contribution in [-0.2, 0) is 16.1 Å². The molecule has 0 spiro atoms. The van der Waals surface area contributed by atoms with Crippen molar-refractivity contribution in [2.45, 2.75) is 51.7 Å². The molecule has 3 rings (SSSR count). The van der Waals surface area contributed by atoms with Crippen LogP contribution in [-0.4, -0.2) is 62.7 Å². The molecule has 8 heteroatoms. The fourth-order valence-corrected chi connectivity index (χ4v) is 4.25. The van der Waals surface area contributed by atoms with Gasteiger partial charge in [-0.05, 0) is 32.3 Å². The minimum atomic E-state index is 0. The number of likely N-dealkylation sites (tertiary alicyclic amines) is 1. The van der Waals surface area contributed by atoms with Gasteiger partial charge in [-0.1, -0.05) is 31.0 Å². The van der Waals surface area contributed by atoms with Crippen LogP contribution in [0.4, 0.5) is 0 Å². The SMILES string of the molecule is CCNC(=NCCOCc1ccccc1OC)NC1CCN(C(=O)C2CCCC2)C1.I. The van der Waals surface area contributed by atoms with Crippen LogP contribution in [0.25, 0.3) is 0 Å². The average molecular weight is 544 g/mol. The number of guanidine groups is 1. The van der Waals surface area contributed by atoms with E-state index in [4.69, 9.17) is 9.47 Å². The molecule has 7 nitrogen and oxygen atoms in total. The highest BCUT2D eigenvalue weighted by atomic mass is 127. The van der Waals surface area contributed by atoms with Gasteiger partial charge in [0.05, 0.1) is 26.9 Å². The molecule has 1 aromatic carbocycles. The number of rotatable bonds is 9. The Hall–Kier alpha value is -1.55. The lowest BCUT2D eigenvalue weighted by atomic mass is 10.1. The molecule has 2 aliphatic rings. The first kappa shape index (κ1) is 25.7. The number of hydrogen-bond donors (Lipinski definition) is 2. The number of carbonyl (C=O) groups excluding carboxylic acids is 1. The first-order valence-electron chi connectivity index (χ1n) is 11.2. The zero-order chi connectivity index (χ0) is 21.2. The third-order valence-corrected chi connectivity index (χ3v) is 5.85. The highest BCUT2D eigenvalue weighted by Gasteiger charge is 2.32. The summed E-state index contributed by atoms with van der Waals surface area (Å²) in [6.45, 7) is 6.07. The Bertz CT molecular complexity index is 710. The summed E-state index contributed by atoms with van der Waals surface area (Å²) in [5.41, 5.74) is 1.03. The zero-order valence-corrected chi connectivity index (χ0v) is 21.1. The summed E-state index contributed by atoms with van der Waals surface area (Å²) in [5.74, 6) is 2.24. The van der Waals surface area contributed by atoms with Gasteiger partial charge >= 0.3 is 0 Å². The maximum Gasteiger partial charge on any atom is 0.225 e. The van der Waals surface area contributed by atoms with Gasteiger partial charge in [0, 0.05) is 37.2 Å². The minimum absolute atomic E-state index is 0. The van der Waals surface area contributed by atoms with Gasteiger partial charge in [-0.3, -0.25) is 9.79 Å². The smallest absolute Gasteiger partial charge is 0.225 e. The fraction of sp³-hybridized carbons (Fsp3) is 0.652. The van der Waals surface area contributed by atoms with Crippen LogP contribution in [0.2, 0.25) is 0 Å². The average Bonchev–Trinajstić information content (AvgIpc) is 3.46. The van der Waals surface area contributed by atoms with Gasteiger partial charge in [0.2, 0.25) is 5.91 Å². The summed E-state index contributed by atoms with van der Waals surface area (Å²) < 4.78 is 11.1. The number of nitrogens with one attached hydrogen (secondary N) is 2. The lowest BCUT2D eigenvalue weighted by Crippen LogP contribution is -2.45. The molecule has 1 unspecified atom stereocenters. The maximum absolute atomic E-state index is 12.6. The van der Waals surface area contributed by atoms with Crippen molar-refractivity contribution in [2.75, 3.05) is 39.9 Å². The summed E-state index contributed by atoms with van der Waals surface area (Å²) >= 11 is 0. The molecule has 2 fully saturated rings. The number of ether oxygens (including phenoxy) is 2. The standard InChI is InChI=1S/C23H36N4O3.HI/c1-3-24-23(25-13-15-30-17-19-10-6-7-11-21(19)29-2)26-20-12-14-27(16-20)22(28)18-8-4-5-9-18;/h6-7,10-11,18,20H,3-5,8-9,12-17H2,1-2H3,(H2,24,25,26);1H. The Balaban J connectivity index is 0.00000341. The van der Waals surface area contributed by atoms with Gasteiger partial charge in [0.15, 0.2) is 5.96 Å². The van der Waals surface area contributed by atoms with Gasteiger partial charge in [0.1, 0.15) is 5.75 Å². The number of nitrogens with zero attached hydrogens (tertiary/aromatic N) is 2. The number of methoxy groups -OCH3 is 1. The van der Waals surface area contributed by atoms with E-state index in [1.54, 1.807) is 7.11 Å². The summed E-state index contributed by atoms with van der Waals surface area (Å²) in [7, 11) is 1.67. The van der Waals surface area contributed by atoms with Crippen molar-refractivity contribution in [3.05, 3.63) is 29.8 Å². The van der Waals surface area contributed by atoms with E-state index in [9.17, 15) is 4.79 Å². The second-order valence-electron chi connectivity index (χ2n) is 8.02. The molecule has 1 aliphatic carbocycles. The number of benzene rings is 1. The largest absolute Gasteiger partial charge is 0.496 e. The van der Waals surface area contributed by atoms with E-state index in [0.29, 0.717) is 25.7 Å². The normalized spacial score (nSPS) is 19.2. The second-order valence-corrected chi connectivity index (χ2v) is 8.02. The molecular weight excluding hydrogens is 507 g/mol. The Labute approximate surface area is 203 Å². The predicted octanol–water partition coefficient (Wildman–Crippen LogP) is 3.18. The molecule has 174 valence electrons. The number of para-hydroxylation sites is 1. The Morgan fingerprint density at radius 1 is 1.23 bits per heavy atom. The quantitative estimate of drug-likeness (QED) is 0.216. The van der Waals surface area contributed by atoms with E-state index < -0.39 is 0 Å². The lowest BCUT2D eigenvalue weighted by Gasteiger charge is -2.21. The number of halogens is 1. The molecule has 0 radical (unpaired) electrons. The van der Waals surface area contributed by atoms with Gasteiger partial charge in [-0.15, -0.1) is 24.0 Å². The molecule has 31 heavy (non-hydrogen) atoms. The van der Waals surface area contributed by atoms with Gasteiger partial charge < -0.3 is 25.0 Å². The number of hydrogen-bond acceptors (Lipinski definition) is 4. The minimum Gasteiger partial charge on any atom is -0.496 e. The fourth-order valence-electron chi connectivity index (χ4n) is 4.25. The zero-order valence-electron chi connectivity index (χ0n) is 18.8. The van der Waals surface area contributed by atoms with Gasteiger partial charge in [-0.2, -0.15) is 0 Å². The van der Waals surface area contributed by atoms with E-state index in [0.717, 1.165) is 56.2 Å². The summed E-state index contributed by atoms with van der Waals surface area (Å²) in [6.07, 6.45) is 5.48. The van der Waals surface area contributed by atoms with Crippen LogP contribution >= 0.6 is 24.0 Å². The van der Waals surface area contributed by atoms with E-state index in [-0.39, 0.29) is 35.9 Å². The van der Waals surface area contributed by atoms with Crippen molar-refractivity contribution in [1.29, 1.82) is 0 Å². The third kappa shape index (κ3) is 7.82. The van der Waals surface area contributed by atoms with Gasteiger partial charge in [0.25, 0.3) is 0 Å². The highest BCUT2D eigenvalue weighted by molar-refractivity contribution is 14.0. The number of carbonyl (C=O) groups is 1. The highest BCUT2D eigenvalue weighted by Crippen LogP contribution is 2.27. The predicted molar refractivity (Wildman–Crippen MR) is 134 cm³/mol. The first-order chi connectivity index (χ1) is 14.7. The molecule has 1 atom stereocenters. The number of amides is 1. The third-order valence-electron chi connectivity index (χ3n) is 5.85. The van der Waals surface area contributed by atoms with Gasteiger partial charge in [-0.25, -0.2) is 0 Å². The summed E-state index contributed by atoms with van der Waals surface area (Å²) in [4.78, 5) is 19.3. The van der Waals surface area contributed by atoms with Crippen LogP contribution in [0.1, 0.15) is 44.6 Å².